The topological polar surface area (TPSA) is 89.4 Å². The van der Waals surface area contributed by atoms with E-state index in [1.165, 1.54) is 7.11 Å². The first-order valence-electron chi connectivity index (χ1n) is 14.0. The molecule has 0 spiro atoms. The molecule has 2 aliphatic rings. The van der Waals surface area contributed by atoms with Crippen LogP contribution in [0.1, 0.15) is 52.8 Å². The number of carbonyl (C=O) groups excluding carboxylic acids is 2. The van der Waals surface area contributed by atoms with Crippen LogP contribution in [-0.4, -0.2) is 33.9 Å². The number of hydrogen-bond acceptors (Lipinski definition) is 6. The fourth-order valence-corrected chi connectivity index (χ4v) is 6.98. The van der Waals surface area contributed by atoms with Crippen LogP contribution < -0.4 is 0 Å². The van der Waals surface area contributed by atoms with Gasteiger partial charge in [-0.25, -0.2) is 14.8 Å². The summed E-state index contributed by atoms with van der Waals surface area (Å²) in [5.74, 6) is 0.129. The zero-order chi connectivity index (χ0) is 28.7. The average molecular weight is 545 g/mol. The van der Waals surface area contributed by atoms with Crippen molar-refractivity contribution in [2.24, 2.45) is 11.8 Å². The van der Waals surface area contributed by atoms with Gasteiger partial charge in [-0.15, -0.1) is 0 Å². The normalized spacial score (nSPS) is 22.6. The van der Waals surface area contributed by atoms with Gasteiger partial charge in [0.25, 0.3) is 0 Å². The maximum absolute atomic E-state index is 13.2. The third-order valence-electron chi connectivity index (χ3n) is 8.90. The highest BCUT2D eigenvalue weighted by atomic mass is 16.5. The summed E-state index contributed by atoms with van der Waals surface area (Å²) in [6, 6.07) is 26.0. The largest absolute Gasteiger partial charge is 0.515 e. The molecule has 0 bridgehead atoms. The van der Waals surface area contributed by atoms with Crippen molar-refractivity contribution in [2.45, 2.75) is 38.5 Å². The lowest BCUT2D eigenvalue weighted by atomic mass is 9.52. The fourth-order valence-electron chi connectivity index (χ4n) is 6.98. The van der Waals surface area contributed by atoms with E-state index in [1.54, 1.807) is 12.1 Å². The van der Waals surface area contributed by atoms with Crippen LogP contribution in [0.5, 0.6) is 0 Å². The van der Waals surface area contributed by atoms with E-state index in [4.69, 9.17) is 14.7 Å². The maximum atomic E-state index is 13.2. The van der Waals surface area contributed by atoms with Crippen LogP contribution in [0.2, 0.25) is 0 Å². The van der Waals surface area contributed by atoms with Gasteiger partial charge in [0, 0.05) is 28.0 Å². The lowest BCUT2D eigenvalue weighted by Gasteiger charge is -2.51. The Kier molecular flexibility index (Phi) is 6.78. The number of rotatable bonds is 4. The number of aryl methyl sites for hydroxylation is 1. The molecule has 4 aromatic rings. The fraction of sp³-hybridized carbons (Fsp3) is 0.257. The molecule has 6 heteroatoms. The average Bonchev–Trinajstić information content (AvgIpc) is 3.02. The van der Waals surface area contributed by atoms with E-state index in [1.807, 2.05) is 56.3 Å². The number of allylic oxidation sites excluding steroid dienone is 1. The molecule has 206 valence electrons. The van der Waals surface area contributed by atoms with Crippen molar-refractivity contribution in [2.75, 3.05) is 7.11 Å². The maximum Gasteiger partial charge on any atom is 0.337 e. The number of ketones is 1. The highest BCUT2D eigenvalue weighted by molar-refractivity contribution is 5.99. The van der Waals surface area contributed by atoms with Crippen LogP contribution in [0.3, 0.4) is 0 Å². The second-order valence-corrected chi connectivity index (χ2v) is 11.1. The Morgan fingerprint density at radius 3 is 2.41 bits per heavy atom. The van der Waals surface area contributed by atoms with E-state index < -0.39 is 5.41 Å². The van der Waals surface area contributed by atoms with Gasteiger partial charge in [0.05, 0.1) is 30.3 Å². The van der Waals surface area contributed by atoms with Crippen molar-refractivity contribution in [1.82, 2.24) is 9.97 Å². The van der Waals surface area contributed by atoms with Gasteiger partial charge in [0.1, 0.15) is 5.82 Å². The van der Waals surface area contributed by atoms with Gasteiger partial charge in [0.15, 0.2) is 5.78 Å². The number of benzene rings is 3. The quantitative estimate of drug-likeness (QED) is 0.173. The molecule has 1 heterocycles. The van der Waals surface area contributed by atoms with Crippen LogP contribution in [0.25, 0.3) is 22.4 Å². The van der Waals surface area contributed by atoms with E-state index in [9.17, 15) is 14.7 Å². The minimum Gasteiger partial charge on any atom is -0.515 e. The Morgan fingerprint density at radius 1 is 0.976 bits per heavy atom. The number of aliphatic hydroxyl groups excluding tert-OH is 1. The van der Waals surface area contributed by atoms with E-state index >= 15 is 0 Å². The second kappa shape index (κ2) is 10.4. The number of esters is 1. The molecule has 6 nitrogen and oxygen atoms in total. The number of nitrogens with zero attached hydrogens (tertiary/aromatic N) is 2. The van der Waals surface area contributed by atoms with Gasteiger partial charge >= 0.3 is 5.97 Å². The smallest absolute Gasteiger partial charge is 0.337 e. The molecule has 0 radical (unpaired) electrons. The molecular formula is C35H32N2O4. The van der Waals surface area contributed by atoms with Gasteiger partial charge in [-0.1, -0.05) is 67.6 Å². The molecule has 2 aliphatic carbocycles. The van der Waals surface area contributed by atoms with E-state index in [0.29, 0.717) is 23.4 Å². The van der Waals surface area contributed by atoms with Gasteiger partial charge < -0.3 is 9.84 Å². The lowest BCUT2D eigenvalue weighted by molar-refractivity contribution is -0.123. The van der Waals surface area contributed by atoms with Crippen molar-refractivity contribution in [1.29, 1.82) is 0 Å². The van der Waals surface area contributed by atoms with Gasteiger partial charge in [-0.3, -0.25) is 4.79 Å². The zero-order valence-corrected chi connectivity index (χ0v) is 23.4. The summed E-state index contributed by atoms with van der Waals surface area (Å²) in [5.41, 5.74) is 7.42. The predicted molar refractivity (Wildman–Crippen MR) is 158 cm³/mol. The molecule has 0 unspecified atom stereocenters. The number of aromatic nitrogens is 2. The molecule has 3 atom stereocenters. The summed E-state index contributed by atoms with van der Waals surface area (Å²) >= 11 is 0. The van der Waals surface area contributed by atoms with E-state index in [0.717, 1.165) is 58.3 Å². The number of aliphatic hydroxyl groups is 1. The van der Waals surface area contributed by atoms with E-state index in [2.05, 4.69) is 24.3 Å². The molecular weight excluding hydrogens is 512 g/mol. The molecule has 1 saturated carbocycles. The Hall–Kier alpha value is -4.58. The van der Waals surface area contributed by atoms with Crippen LogP contribution in [0.4, 0.5) is 0 Å². The first-order chi connectivity index (χ1) is 19.9. The molecule has 41 heavy (non-hydrogen) atoms. The van der Waals surface area contributed by atoms with Crippen LogP contribution >= 0.6 is 0 Å². The Bertz CT molecular complexity index is 1680. The first-order valence-corrected chi connectivity index (χ1v) is 14.0. The third-order valence-corrected chi connectivity index (χ3v) is 8.90. The molecule has 6 rings (SSSR count). The minimum absolute atomic E-state index is 0.0180. The van der Waals surface area contributed by atoms with Crippen molar-refractivity contribution < 1.29 is 19.4 Å². The Morgan fingerprint density at radius 2 is 1.71 bits per heavy atom. The summed E-state index contributed by atoms with van der Waals surface area (Å²) < 4.78 is 4.84. The number of Topliss-reactive ketones (excluding diaryl/α,β-unsaturated/α-hetero) is 1. The van der Waals surface area contributed by atoms with Crippen molar-refractivity contribution in [3.8, 4) is 22.4 Å². The number of ether oxygens (including phenoxy) is 1. The second-order valence-electron chi connectivity index (χ2n) is 11.1. The van der Waals surface area contributed by atoms with Crippen molar-refractivity contribution in [3.63, 3.8) is 0 Å². The molecule has 3 aromatic carbocycles. The van der Waals surface area contributed by atoms with E-state index in [-0.39, 0.29) is 23.6 Å². The van der Waals surface area contributed by atoms with Crippen LogP contribution in [-0.2, 0) is 21.4 Å². The molecule has 0 saturated heterocycles. The standard InChI is InChI=1S/C35H32N2O4/c1-21-30-17-16-29-31(26-9-7-8-25(18-26)23-12-14-24(15-13-23)34(40)41-3)36-22(2)37-33(29)35(30,19-27(20-38)32(21)39)28-10-5-4-6-11-28/h4-15,18,20-21,30,38H,16-17,19H2,1-3H3/t21-,30-,35+/m0/s1. The molecule has 0 amide bonds. The Balaban J connectivity index is 1.52. The molecule has 1 N–H and O–H groups in total. The van der Waals surface area contributed by atoms with Gasteiger partial charge in [-0.05, 0) is 67.0 Å². The van der Waals surface area contributed by atoms with Crippen molar-refractivity contribution in [3.05, 3.63) is 119 Å². The SMILES string of the molecule is COC(=O)c1ccc(-c2cccc(-c3nc(C)nc4c3CC[C@H]3[C@H](C)C(=O)C(=CO)C[C@]43c3ccccc3)c2)cc1. The van der Waals surface area contributed by atoms with Gasteiger partial charge in [0.2, 0.25) is 0 Å². The van der Waals surface area contributed by atoms with Crippen LogP contribution in [0.15, 0.2) is 90.7 Å². The monoisotopic (exact) mass is 544 g/mol. The molecule has 1 fully saturated rings. The van der Waals surface area contributed by atoms with Gasteiger partial charge in [-0.2, -0.15) is 0 Å². The summed E-state index contributed by atoms with van der Waals surface area (Å²) in [7, 11) is 1.38. The van der Waals surface area contributed by atoms with Crippen LogP contribution in [0, 0.1) is 18.8 Å². The summed E-state index contributed by atoms with van der Waals surface area (Å²) in [6.45, 7) is 3.91. The number of carbonyl (C=O) groups is 2. The van der Waals surface area contributed by atoms with Crippen molar-refractivity contribution >= 4 is 11.8 Å². The molecule has 0 aliphatic heterocycles. The third kappa shape index (κ3) is 4.34. The predicted octanol–water partition coefficient (Wildman–Crippen LogP) is 6.80. The number of hydrogen-bond donors (Lipinski definition) is 1. The minimum atomic E-state index is -0.555. The number of methoxy groups -OCH3 is 1. The zero-order valence-electron chi connectivity index (χ0n) is 23.4. The molecule has 1 aromatic heterocycles. The summed E-state index contributed by atoms with van der Waals surface area (Å²) in [4.78, 5) is 35.2. The highest BCUT2D eigenvalue weighted by Crippen LogP contribution is 2.56. The highest BCUT2D eigenvalue weighted by Gasteiger charge is 2.55. The summed E-state index contributed by atoms with van der Waals surface area (Å²) in [5, 5.41) is 10.1. The lowest BCUT2D eigenvalue weighted by Crippen LogP contribution is -2.51. The summed E-state index contributed by atoms with van der Waals surface area (Å²) in [6.07, 6.45) is 2.98. The Labute approximate surface area is 239 Å². The number of fused-ring (bicyclic) bond motifs is 3. The first kappa shape index (κ1) is 26.6.